The van der Waals surface area contributed by atoms with Gasteiger partial charge in [-0.1, -0.05) is 35.3 Å². The molecule has 0 radical (unpaired) electrons. The Morgan fingerprint density at radius 1 is 1.17 bits per heavy atom. The van der Waals surface area contributed by atoms with Gasteiger partial charge in [-0.15, -0.1) is 0 Å². The average Bonchev–Trinajstić information content (AvgIpc) is 2.52. The first kappa shape index (κ1) is 16.9. The molecule has 124 valence electrons. The van der Waals surface area contributed by atoms with Gasteiger partial charge in [-0.2, -0.15) is 4.98 Å². The number of rotatable bonds is 2. The Balaban J connectivity index is 2.36. The van der Waals surface area contributed by atoms with Crippen molar-refractivity contribution >= 4 is 44.1 Å². The molecule has 6 nitrogen and oxygen atoms in total. The lowest BCUT2D eigenvalue weighted by Crippen LogP contribution is -2.20. The fraction of sp³-hybridized carbons (Fsp3) is 0.133. The second kappa shape index (κ2) is 5.84. The van der Waals surface area contributed by atoms with Gasteiger partial charge in [0.25, 0.3) is 5.56 Å². The van der Waals surface area contributed by atoms with Gasteiger partial charge in [0, 0.05) is 36.0 Å². The molecule has 3 aromatic rings. The van der Waals surface area contributed by atoms with E-state index < -0.39 is 9.84 Å². The van der Waals surface area contributed by atoms with Crippen LogP contribution in [0.15, 0.2) is 40.4 Å². The average molecular weight is 384 g/mol. The molecule has 1 aromatic carbocycles. The van der Waals surface area contributed by atoms with Gasteiger partial charge in [-0.25, -0.2) is 13.4 Å². The molecule has 0 saturated heterocycles. The van der Waals surface area contributed by atoms with Gasteiger partial charge in [-0.3, -0.25) is 9.36 Å². The molecule has 0 unspecified atom stereocenters. The van der Waals surface area contributed by atoms with Crippen LogP contribution in [0.5, 0.6) is 0 Å². The van der Waals surface area contributed by atoms with Crippen molar-refractivity contribution in [2.45, 2.75) is 5.16 Å². The number of benzene rings is 1. The molecule has 0 fully saturated rings. The summed E-state index contributed by atoms with van der Waals surface area (Å²) in [6, 6.07) is 6.57. The van der Waals surface area contributed by atoms with E-state index in [9.17, 15) is 13.2 Å². The largest absolute Gasteiger partial charge is 0.295 e. The van der Waals surface area contributed by atoms with E-state index in [1.807, 2.05) is 0 Å². The van der Waals surface area contributed by atoms with E-state index in [2.05, 4.69) is 9.97 Å². The zero-order valence-electron chi connectivity index (χ0n) is 12.6. The standard InChI is InChI=1S/C15H11Cl2N3O3S/c1-20-13-8(7-18-15(19-13)24(2,22)23)6-10(14(20)21)9-4-3-5-11(16)12(9)17/h3-7H,1-2H3. The molecule has 0 spiro atoms. The lowest BCUT2D eigenvalue weighted by Gasteiger charge is -2.10. The maximum atomic E-state index is 12.7. The molecule has 0 bridgehead atoms. The summed E-state index contributed by atoms with van der Waals surface area (Å²) in [6.07, 6.45) is 2.37. The summed E-state index contributed by atoms with van der Waals surface area (Å²) in [5, 5.41) is 0.776. The van der Waals surface area contributed by atoms with E-state index >= 15 is 0 Å². The third kappa shape index (κ3) is 2.79. The minimum atomic E-state index is -3.57. The predicted octanol–water partition coefficient (Wildman–Crippen LogP) is 2.71. The second-order valence-corrected chi connectivity index (χ2v) is 7.92. The molecule has 0 atom stereocenters. The van der Waals surface area contributed by atoms with E-state index in [0.717, 1.165) is 6.26 Å². The lowest BCUT2D eigenvalue weighted by atomic mass is 10.1. The third-order valence-corrected chi connectivity index (χ3v) is 5.18. The molecular weight excluding hydrogens is 373 g/mol. The van der Waals surface area contributed by atoms with Crippen LogP contribution in [0.3, 0.4) is 0 Å². The topological polar surface area (TPSA) is 81.9 Å². The number of halogens is 2. The minimum Gasteiger partial charge on any atom is -0.295 e. The lowest BCUT2D eigenvalue weighted by molar-refractivity contribution is 0.593. The predicted molar refractivity (Wildman–Crippen MR) is 93.3 cm³/mol. The Bertz CT molecular complexity index is 1140. The molecule has 0 saturated carbocycles. The van der Waals surface area contributed by atoms with Gasteiger partial charge in [0.1, 0.15) is 5.65 Å². The van der Waals surface area contributed by atoms with Crippen LogP contribution >= 0.6 is 23.2 Å². The Labute approximate surface area is 147 Å². The van der Waals surface area contributed by atoms with E-state index in [-0.39, 0.29) is 21.4 Å². The van der Waals surface area contributed by atoms with E-state index in [1.54, 1.807) is 24.3 Å². The molecule has 0 amide bonds. The first-order valence-corrected chi connectivity index (χ1v) is 9.36. The first-order chi connectivity index (χ1) is 11.2. The van der Waals surface area contributed by atoms with Crippen LogP contribution in [0.25, 0.3) is 22.2 Å². The van der Waals surface area contributed by atoms with Crippen LogP contribution in [-0.4, -0.2) is 29.2 Å². The molecule has 0 aliphatic carbocycles. The van der Waals surface area contributed by atoms with Crippen LogP contribution < -0.4 is 5.56 Å². The number of nitrogens with zero attached hydrogens (tertiary/aromatic N) is 3. The van der Waals surface area contributed by atoms with Gasteiger partial charge in [-0.05, 0) is 12.1 Å². The summed E-state index contributed by atoms with van der Waals surface area (Å²) in [5.41, 5.74) is 0.661. The Kier molecular flexibility index (Phi) is 4.11. The normalized spacial score (nSPS) is 11.8. The molecular formula is C15H11Cl2N3O3S. The summed E-state index contributed by atoms with van der Waals surface area (Å²) < 4.78 is 24.5. The zero-order valence-corrected chi connectivity index (χ0v) is 14.9. The summed E-state index contributed by atoms with van der Waals surface area (Å²) in [4.78, 5) is 20.5. The highest BCUT2D eigenvalue weighted by molar-refractivity contribution is 7.90. The van der Waals surface area contributed by atoms with Crippen LogP contribution in [0.4, 0.5) is 0 Å². The molecule has 0 aliphatic rings. The van der Waals surface area contributed by atoms with Crippen LogP contribution in [0, 0.1) is 0 Å². The maximum Gasteiger partial charge on any atom is 0.259 e. The van der Waals surface area contributed by atoms with Gasteiger partial charge < -0.3 is 0 Å². The quantitative estimate of drug-likeness (QED) is 0.635. The van der Waals surface area contributed by atoms with Gasteiger partial charge in [0.05, 0.1) is 10.0 Å². The number of fused-ring (bicyclic) bond motifs is 1. The van der Waals surface area contributed by atoms with Crippen molar-refractivity contribution in [2.24, 2.45) is 7.05 Å². The van der Waals surface area contributed by atoms with Crippen LogP contribution in [-0.2, 0) is 16.9 Å². The highest BCUT2D eigenvalue weighted by Crippen LogP contribution is 2.32. The van der Waals surface area contributed by atoms with Crippen LogP contribution in [0.1, 0.15) is 0 Å². The van der Waals surface area contributed by atoms with Crippen molar-refractivity contribution in [1.29, 1.82) is 0 Å². The monoisotopic (exact) mass is 383 g/mol. The van der Waals surface area contributed by atoms with E-state index in [0.29, 0.717) is 21.5 Å². The fourth-order valence-electron chi connectivity index (χ4n) is 2.31. The molecule has 9 heteroatoms. The Hall–Kier alpha value is -1.96. The number of sulfone groups is 1. The second-order valence-electron chi connectivity index (χ2n) is 5.23. The number of hydrogen-bond acceptors (Lipinski definition) is 5. The van der Waals surface area contributed by atoms with Crippen molar-refractivity contribution in [3.63, 3.8) is 0 Å². The summed E-state index contributed by atoms with van der Waals surface area (Å²) in [7, 11) is -2.07. The van der Waals surface area contributed by atoms with Gasteiger partial charge in [0.15, 0.2) is 0 Å². The molecule has 3 rings (SSSR count). The number of pyridine rings is 1. The maximum absolute atomic E-state index is 12.7. The Morgan fingerprint density at radius 2 is 1.88 bits per heavy atom. The van der Waals surface area contributed by atoms with Crippen molar-refractivity contribution in [3.8, 4) is 11.1 Å². The van der Waals surface area contributed by atoms with Crippen molar-refractivity contribution in [2.75, 3.05) is 6.26 Å². The number of aromatic nitrogens is 3. The fourth-order valence-corrected chi connectivity index (χ4v) is 3.21. The highest BCUT2D eigenvalue weighted by Gasteiger charge is 2.17. The van der Waals surface area contributed by atoms with Gasteiger partial charge in [0.2, 0.25) is 15.0 Å². The van der Waals surface area contributed by atoms with Gasteiger partial charge >= 0.3 is 0 Å². The summed E-state index contributed by atoms with van der Waals surface area (Å²) in [5.74, 6) is 0. The van der Waals surface area contributed by atoms with Crippen LogP contribution in [0.2, 0.25) is 10.0 Å². The van der Waals surface area contributed by atoms with E-state index in [4.69, 9.17) is 23.2 Å². The van der Waals surface area contributed by atoms with Crippen molar-refractivity contribution in [1.82, 2.24) is 14.5 Å². The van der Waals surface area contributed by atoms with Crippen molar-refractivity contribution in [3.05, 3.63) is 50.9 Å². The first-order valence-electron chi connectivity index (χ1n) is 6.71. The highest BCUT2D eigenvalue weighted by atomic mass is 35.5. The number of hydrogen-bond donors (Lipinski definition) is 0. The van der Waals surface area contributed by atoms with E-state index in [1.165, 1.54) is 17.8 Å². The Morgan fingerprint density at radius 3 is 2.54 bits per heavy atom. The summed E-state index contributed by atoms with van der Waals surface area (Å²) in [6.45, 7) is 0. The van der Waals surface area contributed by atoms with Crippen molar-refractivity contribution < 1.29 is 8.42 Å². The molecule has 0 aliphatic heterocycles. The smallest absolute Gasteiger partial charge is 0.259 e. The summed E-state index contributed by atoms with van der Waals surface area (Å²) >= 11 is 12.2. The third-order valence-electron chi connectivity index (χ3n) is 3.50. The molecule has 2 aromatic heterocycles. The molecule has 0 N–H and O–H groups in total. The zero-order chi connectivity index (χ0) is 17.6. The molecule has 24 heavy (non-hydrogen) atoms. The minimum absolute atomic E-state index is 0.220. The SMILES string of the molecule is Cn1c(=O)c(-c2cccc(Cl)c2Cl)cc2cnc(S(C)(=O)=O)nc21. The molecule has 2 heterocycles. The number of aryl methyl sites for hydroxylation is 1.